The quantitative estimate of drug-likeness (QED) is 0.504. The lowest BCUT2D eigenvalue weighted by molar-refractivity contribution is 0.0948. The number of anilines is 1. The highest BCUT2D eigenvalue weighted by Gasteiger charge is 2.25. The van der Waals surface area contributed by atoms with Crippen LogP contribution in [-0.2, 0) is 4.74 Å². The second-order valence-electron chi connectivity index (χ2n) is 7.39. The number of aryl methyl sites for hydroxylation is 1. The van der Waals surface area contributed by atoms with Gasteiger partial charge in [0.2, 0.25) is 5.89 Å². The molecule has 0 radical (unpaired) electrons. The number of nitrogens with zero attached hydrogens (tertiary/aromatic N) is 5. The molecule has 2 N–H and O–H groups in total. The van der Waals surface area contributed by atoms with Crippen LogP contribution >= 0.6 is 0 Å². The Labute approximate surface area is 172 Å². The Morgan fingerprint density at radius 3 is 2.93 bits per heavy atom. The smallest absolute Gasteiger partial charge is 0.247 e. The normalized spacial score (nSPS) is 16.4. The zero-order valence-electron chi connectivity index (χ0n) is 16.4. The first-order chi connectivity index (χ1) is 14.6. The molecule has 1 fully saturated rings. The van der Waals surface area contributed by atoms with E-state index in [0.717, 1.165) is 23.3 Å². The summed E-state index contributed by atoms with van der Waals surface area (Å²) in [7, 11) is 0. The summed E-state index contributed by atoms with van der Waals surface area (Å²) in [5.41, 5.74) is 9.71. The number of nitrogens with two attached hydrogens (primary N) is 1. The molecular weight excluding hydrogens is 384 g/mol. The van der Waals surface area contributed by atoms with Crippen molar-refractivity contribution in [2.75, 3.05) is 18.9 Å². The number of pyridine rings is 1. The molecule has 0 spiro atoms. The van der Waals surface area contributed by atoms with Crippen LogP contribution in [0, 0.1) is 12.8 Å². The summed E-state index contributed by atoms with van der Waals surface area (Å²) < 4.78 is 12.8. The second-order valence-corrected chi connectivity index (χ2v) is 7.39. The van der Waals surface area contributed by atoms with E-state index in [-0.39, 0.29) is 29.1 Å². The average Bonchev–Trinajstić information content (AvgIpc) is 3.51. The zero-order valence-corrected chi connectivity index (χ0v) is 16.4. The van der Waals surface area contributed by atoms with Gasteiger partial charge in [0, 0.05) is 43.3 Å². The van der Waals surface area contributed by atoms with Gasteiger partial charge in [0.25, 0.3) is 0 Å². The van der Waals surface area contributed by atoms with Crippen LogP contribution in [0.25, 0.3) is 28.5 Å². The maximum atomic E-state index is 12.9. The van der Waals surface area contributed by atoms with Gasteiger partial charge in [-0.3, -0.25) is 4.79 Å². The van der Waals surface area contributed by atoms with E-state index in [2.05, 4.69) is 19.9 Å². The van der Waals surface area contributed by atoms with E-state index in [1.54, 1.807) is 6.20 Å². The van der Waals surface area contributed by atoms with Crippen molar-refractivity contribution in [2.45, 2.75) is 19.8 Å². The highest BCUT2D eigenvalue weighted by molar-refractivity contribution is 5.99. The van der Waals surface area contributed by atoms with E-state index in [1.165, 1.54) is 12.5 Å². The van der Waals surface area contributed by atoms with E-state index >= 15 is 0 Å². The Hall–Kier alpha value is -3.59. The third-order valence-electron chi connectivity index (χ3n) is 5.28. The molecule has 1 aliphatic heterocycles. The molecule has 1 atom stereocenters. The van der Waals surface area contributed by atoms with Gasteiger partial charge in [-0.05, 0) is 31.4 Å². The summed E-state index contributed by atoms with van der Waals surface area (Å²) in [6.07, 6.45) is 7.87. The fourth-order valence-electron chi connectivity index (χ4n) is 3.69. The summed E-state index contributed by atoms with van der Waals surface area (Å²) in [6, 6.07) is 3.77. The van der Waals surface area contributed by atoms with Crippen LogP contribution < -0.4 is 5.73 Å². The lowest BCUT2D eigenvalue weighted by atomic mass is 10.00. The van der Waals surface area contributed by atoms with Gasteiger partial charge in [0.05, 0.1) is 6.20 Å². The molecule has 0 aromatic carbocycles. The Kier molecular flexibility index (Phi) is 4.51. The Morgan fingerprint density at radius 1 is 1.27 bits per heavy atom. The lowest BCUT2D eigenvalue weighted by Gasteiger charge is -2.12. The Morgan fingerprint density at radius 2 is 2.17 bits per heavy atom. The first-order valence-corrected chi connectivity index (χ1v) is 9.72. The SMILES string of the molecule is Cc1cnc2ccc(-c3nc(C(=O)C[C@@H]4CCOC4)c(N)nc3-c3ncco3)cn12. The van der Waals surface area contributed by atoms with Crippen molar-refractivity contribution in [1.29, 1.82) is 0 Å². The molecule has 0 bridgehead atoms. The number of hydrogen-bond donors (Lipinski definition) is 1. The molecule has 4 aromatic heterocycles. The van der Waals surface area contributed by atoms with Gasteiger partial charge in [0.15, 0.2) is 17.3 Å². The summed E-state index contributed by atoms with van der Waals surface area (Å²) in [5.74, 6) is 0.389. The summed E-state index contributed by atoms with van der Waals surface area (Å²) in [5, 5.41) is 0. The van der Waals surface area contributed by atoms with E-state index in [4.69, 9.17) is 14.9 Å². The van der Waals surface area contributed by atoms with Crippen molar-refractivity contribution in [2.24, 2.45) is 5.92 Å². The molecule has 5 heterocycles. The molecule has 1 saturated heterocycles. The standard InChI is InChI=1S/C21H20N6O3/c1-12-9-24-16-3-2-14(10-27(12)16)17-19(21-23-5-7-30-21)26-20(22)18(25-17)15(28)8-13-4-6-29-11-13/h2-3,5,7,9-10,13H,4,6,8,11H2,1H3,(H2,22,26)/t13-/m0/s1. The fourth-order valence-corrected chi connectivity index (χ4v) is 3.69. The van der Waals surface area contributed by atoms with E-state index in [9.17, 15) is 4.79 Å². The lowest BCUT2D eigenvalue weighted by Crippen LogP contribution is -2.15. The molecule has 0 unspecified atom stereocenters. The van der Waals surface area contributed by atoms with E-state index < -0.39 is 0 Å². The molecule has 30 heavy (non-hydrogen) atoms. The number of Topliss-reactive ketones (excluding diaryl/α,β-unsaturated/α-hetero) is 1. The number of rotatable bonds is 5. The number of fused-ring (bicyclic) bond motifs is 1. The first kappa shape index (κ1) is 18.4. The highest BCUT2D eigenvalue weighted by Crippen LogP contribution is 2.31. The molecule has 0 amide bonds. The third-order valence-corrected chi connectivity index (χ3v) is 5.28. The van der Waals surface area contributed by atoms with Gasteiger partial charge in [-0.25, -0.2) is 19.9 Å². The number of hydrogen-bond acceptors (Lipinski definition) is 8. The van der Waals surface area contributed by atoms with E-state index in [1.807, 2.05) is 29.7 Å². The van der Waals surface area contributed by atoms with E-state index in [0.29, 0.717) is 31.0 Å². The van der Waals surface area contributed by atoms with Crippen LogP contribution in [0.2, 0.25) is 0 Å². The van der Waals surface area contributed by atoms with Crippen LogP contribution in [0.1, 0.15) is 29.0 Å². The summed E-state index contributed by atoms with van der Waals surface area (Å²) in [6.45, 7) is 3.22. The molecule has 4 aromatic rings. The number of ketones is 1. The van der Waals surface area contributed by atoms with Crippen LogP contribution in [0.15, 0.2) is 41.4 Å². The number of ether oxygens (including phenoxy) is 1. The Bertz CT molecular complexity index is 1230. The van der Waals surface area contributed by atoms with Crippen molar-refractivity contribution < 1.29 is 13.9 Å². The molecule has 1 aliphatic rings. The predicted octanol–water partition coefficient (Wildman–Crippen LogP) is 2.95. The van der Waals surface area contributed by atoms with Crippen LogP contribution in [-0.4, -0.2) is 43.3 Å². The van der Waals surface area contributed by atoms with Gasteiger partial charge >= 0.3 is 0 Å². The van der Waals surface area contributed by atoms with Crippen LogP contribution in [0.5, 0.6) is 0 Å². The number of oxazole rings is 1. The summed E-state index contributed by atoms with van der Waals surface area (Å²) >= 11 is 0. The zero-order chi connectivity index (χ0) is 20.7. The molecule has 0 saturated carbocycles. The van der Waals surface area contributed by atoms with Crippen LogP contribution in [0.3, 0.4) is 0 Å². The largest absolute Gasteiger partial charge is 0.443 e. The van der Waals surface area contributed by atoms with Crippen molar-refractivity contribution in [3.63, 3.8) is 0 Å². The van der Waals surface area contributed by atoms with Gasteiger partial charge in [-0.1, -0.05) is 0 Å². The number of aromatic nitrogens is 5. The summed E-state index contributed by atoms with van der Waals surface area (Å²) in [4.78, 5) is 30.6. The molecule has 5 rings (SSSR count). The monoisotopic (exact) mass is 404 g/mol. The molecule has 152 valence electrons. The first-order valence-electron chi connectivity index (χ1n) is 9.72. The Balaban J connectivity index is 1.64. The minimum absolute atomic E-state index is 0.0655. The topological polar surface area (TPSA) is 121 Å². The highest BCUT2D eigenvalue weighted by atomic mass is 16.5. The fraction of sp³-hybridized carbons (Fsp3) is 0.286. The van der Waals surface area contributed by atoms with Crippen molar-refractivity contribution in [1.82, 2.24) is 24.3 Å². The number of carbonyl (C=O) groups excluding carboxylic acids is 1. The minimum atomic E-state index is -0.143. The van der Waals surface area contributed by atoms with Gasteiger partial charge < -0.3 is 19.3 Å². The minimum Gasteiger partial charge on any atom is -0.443 e. The van der Waals surface area contributed by atoms with Gasteiger partial charge in [0.1, 0.15) is 23.3 Å². The maximum Gasteiger partial charge on any atom is 0.247 e. The van der Waals surface area contributed by atoms with Crippen molar-refractivity contribution in [3.05, 3.63) is 48.4 Å². The third kappa shape index (κ3) is 3.22. The van der Waals surface area contributed by atoms with Gasteiger partial charge in [-0.15, -0.1) is 0 Å². The van der Waals surface area contributed by atoms with Gasteiger partial charge in [-0.2, -0.15) is 0 Å². The average molecular weight is 404 g/mol. The molecular formula is C21H20N6O3. The molecule has 9 nitrogen and oxygen atoms in total. The predicted molar refractivity (Wildman–Crippen MR) is 109 cm³/mol. The molecule has 9 heteroatoms. The van der Waals surface area contributed by atoms with Crippen molar-refractivity contribution >= 4 is 17.2 Å². The molecule has 0 aliphatic carbocycles. The van der Waals surface area contributed by atoms with Crippen molar-refractivity contribution in [3.8, 4) is 22.8 Å². The number of nitrogen functional groups attached to an aromatic ring is 1. The number of carbonyl (C=O) groups is 1. The second kappa shape index (κ2) is 7.34. The van der Waals surface area contributed by atoms with Crippen LogP contribution in [0.4, 0.5) is 5.82 Å². The number of imidazole rings is 1. The maximum absolute atomic E-state index is 12.9.